The molecular formula is C14H18N2O4. The quantitative estimate of drug-likeness (QED) is 0.814. The SMILES string of the molecule is Cc1ccc(C(=O)N(C)C)cc1NC(=O)C(C)C(=O)O. The largest absolute Gasteiger partial charge is 0.481 e. The third kappa shape index (κ3) is 3.57. The summed E-state index contributed by atoms with van der Waals surface area (Å²) in [4.78, 5) is 35.8. The monoisotopic (exact) mass is 278 g/mol. The molecule has 0 aliphatic heterocycles. The summed E-state index contributed by atoms with van der Waals surface area (Å²) >= 11 is 0. The zero-order valence-electron chi connectivity index (χ0n) is 11.9. The predicted molar refractivity (Wildman–Crippen MR) is 74.6 cm³/mol. The number of amides is 2. The molecule has 1 aromatic rings. The average molecular weight is 278 g/mol. The summed E-state index contributed by atoms with van der Waals surface area (Å²) in [5.41, 5.74) is 1.63. The Bertz CT molecular complexity index is 552. The Morgan fingerprint density at radius 2 is 1.85 bits per heavy atom. The first-order valence-corrected chi connectivity index (χ1v) is 6.10. The van der Waals surface area contributed by atoms with Crippen LogP contribution in [0.2, 0.25) is 0 Å². The van der Waals surface area contributed by atoms with E-state index >= 15 is 0 Å². The lowest BCUT2D eigenvalue weighted by atomic mass is 10.1. The van der Waals surface area contributed by atoms with Crippen molar-refractivity contribution in [2.24, 2.45) is 5.92 Å². The Morgan fingerprint density at radius 1 is 1.25 bits per heavy atom. The second-order valence-electron chi connectivity index (χ2n) is 4.78. The number of anilines is 1. The summed E-state index contributed by atoms with van der Waals surface area (Å²) in [5.74, 6) is -3.15. The molecule has 108 valence electrons. The molecule has 20 heavy (non-hydrogen) atoms. The minimum absolute atomic E-state index is 0.188. The highest BCUT2D eigenvalue weighted by Crippen LogP contribution is 2.18. The first-order valence-electron chi connectivity index (χ1n) is 6.10. The summed E-state index contributed by atoms with van der Waals surface area (Å²) in [7, 11) is 3.26. The number of carbonyl (C=O) groups excluding carboxylic acids is 2. The fourth-order valence-corrected chi connectivity index (χ4v) is 1.50. The number of aryl methyl sites for hydroxylation is 1. The molecule has 1 aromatic carbocycles. The molecule has 0 saturated heterocycles. The van der Waals surface area contributed by atoms with Crippen LogP contribution < -0.4 is 5.32 Å². The van der Waals surface area contributed by atoms with Gasteiger partial charge in [0.05, 0.1) is 0 Å². The fraction of sp³-hybridized carbons (Fsp3) is 0.357. The number of carboxylic acids is 1. The van der Waals surface area contributed by atoms with Gasteiger partial charge in [-0.15, -0.1) is 0 Å². The van der Waals surface area contributed by atoms with E-state index in [0.717, 1.165) is 5.56 Å². The van der Waals surface area contributed by atoms with Gasteiger partial charge < -0.3 is 15.3 Å². The smallest absolute Gasteiger partial charge is 0.315 e. The first-order chi connectivity index (χ1) is 9.23. The van der Waals surface area contributed by atoms with Gasteiger partial charge in [0.15, 0.2) is 0 Å². The lowest BCUT2D eigenvalue weighted by molar-refractivity contribution is -0.144. The Hall–Kier alpha value is -2.37. The van der Waals surface area contributed by atoms with Crippen LogP contribution in [0.4, 0.5) is 5.69 Å². The molecule has 1 unspecified atom stereocenters. The lowest BCUT2D eigenvalue weighted by Gasteiger charge is -2.14. The predicted octanol–water partition coefficient (Wildman–Crippen LogP) is 1.36. The van der Waals surface area contributed by atoms with Crippen LogP contribution in [0.1, 0.15) is 22.8 Å². The van der Waals surface area contributed by atoms with Crippen LogP contribution in [0.15, 0.2) is 18.2 Å². The van der Waals surface area contributed by atoms with E-state index < -0.39 is 17.8 Å². The van der Waals surface area contributed by atoms with Crippen molar-refractivity contribution in [3.05, 3.63) is 29.3 Å². The number of carbonyl (C=O) groups is 3. The van der Waals surface area contributed by atoms with Crippen LogP contribution in [0.3, 0.4) is 0 Å². The van der Waals surface area contributed by atoms with Gasteiger partial charge in [0.2, 0.25) is 5.91 Å². The number of benzene rings is 1. The molecule has 0 radical (unpaired) electrons. The van der Waals surface area contributed by atoms with Crippen molar-refractivity contribution < 1.29 is 19.5 Å². The highest BCUT2D eigenvalue weighted by molar-refractivity contribution is 6.05. The van der Waals surface area contributed by atoms with Crippen molar-refractivity contribution in [2.75, 3.05) is 19.4 Å². The van der Waals surface area contributed by atoms with Gasteiger partial charge in [-0.1, -0.05) is 6.07 Å². The molecule has 0 bridgehead atoms. The van der Waals surface area contributed by atoms with E-state index in [1.807, 2.05) is 0 Å². The Kier molecular flexibility index (Phi) is 4.85. The van der Waals surface area contributed by atoms with Crippen LogP contribution in [-0.2, 0) is 9.59 Å². The summed E-state index contributed by atoms with van der Waals surface area (Å²) in [6.07, 6.45) is 0. The number of aliphatic carboxylic acids is 1. The van der Waals surface area contributed by atoms with Gasteiger partial charge in [0.25, 0.3) is 5.91 Å². The molecule has 0 heterocycles. The van der Waals surface area contributed by atoms with Crippen molar-refractivity contribution in [2.45, 2.75) is 13.8 Å². The molecule has 0 spiro atoms. The van der Waals surface area contributed by atoms with E-state index in [2.05, 4.69) is 5.32 Å². The second kappa shape index (κ2) is 6.18. The van der Waals surface area contributed by atoms with Crippen molar-refractivity contribution in [3.63, 3.8) is 0 Å². The lowest BCUT2D eigenvalue weighted by Crippen LogP contribution is -2.27. The van der Waals surface area contributed by atoms with Crippen LogP contribution >= 0.6 is 0 Å². The standard InChI is InChI=1S/C14H18N2O4/c1-8-5-6-10(13(18)16(3)4)7-11(8)15-12(17)9(2)14(19)20/h5-7,9H,1-4H3,(H,15,17)(H,19,20). The van der Waals surface area contributed by atoms with Gasteiger partial charge in [0, 0.05) is 25.3 Å². The number of hydrogen-bond donors (Lipinski definition) is 2. The molecule has 0 saturated carbocycles. The van der Waals surface area contributed by atoms with Crippen LogP contribution in [-0.4, -0.2) is 41.9 Å². The molecule has 2 amide bonds. The van der Waals surface area contributed by atoms with Crippen molar-refractivity contribution in [1.29, 1.82) is 0 Å². The van der Waals surface area contributed by atoms with Crippen molar-refractivity contribution in [3.8, 4) is 0 Å². The zero-order valence-corrected chi connectivity index (χ0v) is 11.9. The average Bonchev–Trinajstić information content (AvgIpc) is 2.39. The topological polar surface area (TPSA) is 86.7 Å². The van der Waals surface area contributed by atoms with Gasteiger partial charge in [0.1, 0.15) is 5.92 Å². The minimum atomic E-state index is -1.19. The van der Waals surface area contributed by atoms with Crippen molar-refractivity contribution in [1.82, 2.24) is 4.90 Å². The third-order valence-electron chi connectivity index (χ3n) is 2.91. The molecule has 0 fully saturated rings. The normalized spacial score (nSPS) is 11.6. The molecule has 0 aliphatic carbocycles. The summed E-state index contributed by atoms with van der Waals surface area (Å²) in [6.45, 7) is 3.08. The third-order valence-corrected chi connectivity index (χ3v) is 2.91. The first kappa shape index (κ1) is 15.7. The van der Waals surface area contributed by atoms with Crippen LogP contribution in [0.5, 0.6) is 0 Å². The summed E-state index contributed by atoms with van der Waals surface area (Å²) in [6, 6.07) is 4.91. The number of carboxylic acid groups (broad SMARTS) is 1. The van der Waals surface area contributed by atoms with Crippen LogP contribution in [0.25, 0.3) is 0 Å². The second-order valence-corrected chi connectivity index (χ2v) is 4.78. The van der Waals surface area contributed by atoms with Gasteiger partial charge in [-0.25, -0.2) is 0 Å². The Balaban J connectivity index is 3.01. The summed E-state index contributed by atoms with van der Waals surface area (Å²) in [5, 5.41) is 11.3. The molecule has 6 nitrogen and oxygen atoms in total. The highest BCUT2D eigenvalue weighted by atomic mass is 16.4. The van der Waals surface area contributed by atoms with E-state index in [9.17, 15) is 14.4 Å². The minimum Gasteiger partial charge on any atom is -0.481 e. The number of nitrogens with one attached hydrogen (secondary N) is 1. The van der Waals surface area contributed by atoms with E-state index in [1.54, 1.807) is 39.2 Å². The van der Waals surface area contributed by atoms with Gasteiger partial charge >= 0.3 is 5.97 Å². The molecule has 2 N–H and O–H groups in total. The number of nitrogens with zero attached hydrogens (tertiary/aromatic N) is 1. The van der Waals surface area contributed by atoms with Crippen molar-refractivity contribution >= 4 is 23.5 Å². The Morgan fingerprint density at radius 3 is 2.35 bits per heavy atom. The maximum absolute atomic E-state index is 11.9. The number of rotatable bonds is 4. The Labute approximate surface area is 117 Å². The molecule has 1 rings (SSSR count). The fourth-order valence-electron chi connectivity index (χ4n) is 1.50. The van der Waals surface area contributed by atoms with Gasteiger partial charge in [-0.3, -0.25) is 14.4 Å². The molecule has 0 aromatic heterocycles. The van der Waals surface area contributed by atoms with Crippen LogP contribution in [0, 0.1) is 12.8 Å². The summed E-state index contributed by atoms with van der Waals surface area (Å²) < 4.78 is 0. The van der Waals surface area contributed by atoms with E-state index in [4.69, 9.17) is 5.11 Å². The van der Waals surface area contributed by atoms with Gasteiger partial charge in [-0.05, 0) is 31.5 Å². The maximum atomic E-state index is 11.9. The highest BCUT2D eigenvalue weighted by Gasteiger charge is 2.21. The molecule has 0 aliphatic rings. The zero-order chi connectivity index (χ0) is 15.4. The molecule has 1 atom stereocenters. The molecule has 6 heteroatoms. The van der Waals surface area contributed by atoms with E-state index in [0.29, 0.717) is 11.3 Å². The molecular weight excluding hydrogens is 260 g/mol. The number of hydrogen-bond acceptors (Lipinski definition) is 3. The van der Waals surface area contributed by atoms with E-state index in [-0.39, 0.29) is 5.91 Å². The van der Waals surface area contributed by atoms with E-state index in [1.165, 1.54) is 11.8 Å². The maximum Gasteiger partial charge on any atom is 0.315 e. The van der Waals surface area contributed by atoms with Gasteiger partial charge in [-0.2, -0.15) is 0 Å².